The summed E-state index contributed by atoms with van der Waals surface area (Å²) in [4.78, 5) is 0. The van der Waals surface area contributed by atoms with Crippen molar-refractivity contribution in [1.82, 2.24) is 0 Å². The molecule has 0 saturated heterocycles. The summed E-state index contributed by atoms with van der Waals surface area (Å²) in [6.07, 6.45) is -7.45. The second kappa shape index (κ2) is 3.78. The van der Waals surface area contributed by atoms with Crippen LogP contribution in [0.4, 0.5) is 13.2 Å². The smallest absolute Gasteiger partial charge is 0.418 e. The fourth-order valence-electron chi connectivity index (χ4n) is 0.921. The molecule has 1 rings (SSSR count). The molecule has 0 fully saturated rings. The van der Waals surface area contributed by atoms with E-state index in [1.807, 2.05) is 0 Å². The third-order valence-electron chi connectivity index (χ3n) is 1.59. The van der Waals surface area contributed by atoms with Crippen molar-refractivity contribution >= 4 is 15.9 Å². The lowest BCUT2D eigenvalue weighted by Gasteiger charge is -2.15. The zero-order valence-electron chi connectivity index (χ0n) is 6.72. The molecule has 0 aliphatic carbocycles. The van der Waals surface area contributed by atoms with Gasteiger partial charge in [-0.15, -0.1) is 0 Å². The van der Waals surface area contributed by atoms with E-state index in [2.05, 4.69) is 15.9 Å². The summed E-state index contributed by atoms with van der Waals surface area (Å²) < 4.78 is 36.6. The van der Waals surface area contributed by atoms with Gasteiger partial charge in [0.2, 0.25) is 0 Å². The van der Waals surface area contributed by atoms with Crippen LogP contribution in [0, 0.1) is 0 Å². The van der Waals surface area contributed by atoms with Gasteiger partial charge in [0, 0.05) is 10.0 Å². The molecule has 1 unspecified atom stereocenters. The molecule has 6 heteroatoms. The first-order chi connectivity index (χ1) is 6.32. The molecule has 1 aromatic rings. The average molecular weight is 271 g/mol. The van der Waals surface area contributed by atoms with Crippen molar-refractivity contribution in [3.8, 4) is 5.75 Å². The molecule has 2 N–H and O–H groups in total. The minimum Gasteiger partial charge on any atom is -0.508 e. The van der Waals surface area contributed by atoms with Gasteiger partial charge in [0.25, 0.3) is 0 Å². The van der Waals surface area contributed by atoms with Gasteiger partial charge in [0.05, 0.1) is 0 Å². The molecule has 0 aromatic heterocycles. The van der Waals surface area contributed by atoms with Crippen molar-refractivity contribution in [3.05, 3.63) is 28.2 Å². The summed E-state index contributed by atoms with van der Waals surface area (Å²) in [5, 5.41) is 17.9. The number of phenolic OH excluding ortho intramolecular Hbond substituents is 1. The van der Waals surface area contributed by atoms with Crippen LogP contribution in [-0.2, 0) is 0 Å². The van der Waals surface area contributed by atoms with Gasteiger partial charge in [-0.3, -0.25) is 0 Å². The molecule has 2 nitrogen and oxygen atoms in total. The van der Waals surface area contributed by atoms with Gasteiger partial charge < -0.3 is 10.2 Å². The summed E-state index contributed by atoms with van der Waals surface area (Å²) >= 11 is 2.94. The van der Waals surface area contributed by atoms with Gasteiger partial charge in [-0.05, 0) is 18.2 Å². The first kappa shape index (κ1) is 11.3. The van der Waals surface area contributed by atoms with Crippen LogP contribution in [0.15, 0.2) is 22.7 Å². The Hall–Kier alpha value is -0.750. The summed E-state index contributed by atoms with van der Waals surface area (Å²) in [7, 11) is 0. The Morgan fingerprint density at radius 1 is 1.29 bits per heavy atom. The normalized spacial score (nSPS) is 14.1. The monoisotopic (exact) mass is 270 g/mol. The second-order valence-corrected chi connectivity index (χ2v) is 3.56. The summed E-state index contributed by atoms with van der Waals surface area (Å²) in [5.41, 5.74) is -0.563. The largest absolute Gasteiger partial charge is 0.508 e. The summed E-state index contributed by atoms with van der Waals surface area (Å²) in [6.45, 7) is 0. The van der Waals surface area contributed by atoms with Crippen LogP contribution in [0.1, 0.15) is 11.7 Å². The quantitative estimate of drug-likeness (QED) is 0.824. The van der Waals surface area contributed by atoms with Gasteiger partial charge >= 0.3 is 6.18 Å². The number of aliphatic hydroxyl groups excluding tert-OH is 1. The van der Waals surface area contributed by atoms with E-state index >= 15 is 0 Å². The highest BCUT2D eigenvalue weighted by atomic mass is 79.9. The average Bonchev–Trinajstić information content (AvgIpc) is 2.06. The number of hydrogen-bond donors (Lipinski definition) is 2. The second-order valence-electron chi connectivity index (χ2n) is 2.65. The number of halogens is 4. The standard InChI is InChI=1S/C8H6BrF3O2/c9-4-1-2-6(13)5(3-4)7(14)8(10,11)12/h1-3,7,13-14H. The number of benzene rings is 1. The fraction of sp³-hybridized carbons (Fsp3) is 0.250. The van der Waals surface area contributed by atoms with Gasteiger partial charge in [-0.25, -0.2) is 0 Å². The minimum absolute atomic E-state index is 0.355. The zero-order valence-corrected chi connectivity index (χ0v) is 8.30. The van der Waals surface area contributed by atoms with Gasteiger partial charge in [0.15, 0.2) is 6.10 Å². The SMILES string of the molecule is Oc1ccc(Br)cc1C(O)C(F)(F)F. The predicted molar refractivity (Wildman–Crippen MR) is 46.8 cm³/mol. The van der Waals surface area contributed by atoms with Crippen LogP contribution in [0.5, 0.6) is 5.75 Å². The van der Waals surface area contributed by atoms with Crippen LogP contribution in [0.25, 0.3) is 0 Å². The number of hydrogen-bond acceptors (Lipinski definition) is 2. The Morgan fingerprint density at radius 2 is 1.86 bits per heavy atom. The lowest BCUT2D eigenvalue weighted by atomic mass is 10.1. The Bertz CT molecular complexity index is 338. The molecule has 0 spiro atoms. The highest BCUT2D eigenvalue weighted by Gasteiger charge is 2.40. The van der Waals surface area contributed by atoms with E-state index in [0.29, 0.717) is 4.47 Å². The Morgan fingerprint density at radius 3 is 2.36 bits per heavy atom. The van der Waals surface area contributed by atoms with E-state index in [4.69, 9.17) is 10.2 Å². The van der Waals surface area contributed by atoms with Gasteiger partial charge in [-0.2, -0.15) is 13.2 Å². The number of aromatic hydroxyl groups is 1. The highest BCUT2D eigenvalue weighted by Crippen LogP contribution is 2.37. The summed E-state index contributed by atoms with van der Waals surface area (Å²) in [5.74, 6) is -0.585. The van der Waals surface area contributed by atoms with Crippen LogP contribution < -0.4 is 0 Å². The van der Waals surface area contributed by atoms with Crippen LogP contribution in [0.2, 0.25) is 0 Å². The molecule has 0 saturated carbocycles. The lowest BCUT2D eigenvalue weighted by Crippen LogP contribution is -2.20. The van der Waals surface area contributed by atoms with E-state index in [0.717, 1.165) is 12.1 Å². The van der Waals surface area contributed by atoms with E-state index in [1.165, 1.54) is 6.07 Å². The highest BCUT2D eigenvalue weighted by molar-refractivity contribution is 9.10. The molecule has 78 valence electrons. The molecule has 0 aliphatic heterocycles. The molecular formula is C8H6BrF3O2. The predicted octanol–water partition coefficient (Wildman–Crippen LogP) is 2.75. The molecule has 0 bridgehead atoms. The van der Waals surface area contributed by atoms with Crippen LogP contribution in [-0.4, -0.2) is 16.4 Å². The van der Waals surface area contributed by atoms with E-state index in [9.17, 15) is 13.2 Å². The number of alkyl halides is 3. The lowest BCUT2D eigenvalue weighted by molar-refractivity contribution is -0.207. The van der Waals surface area contributed by atoms with Gasteiger partial charge in [-0.1, -0.05) is 15.9 Å². The molecule has 0 radical (unpaired) electrons. The van der Waals surface area contributed by atoms with Crippen molar-refractivity contribution in [2.45, 2.75) is 12.3 Å². The third kappa shape index (κ3) is 2.39. The Kier molecular flexibility index (Phi) is 3.06. The third-order valence-corrected chi connectivity index (χ3v) is 2.09. The van der Waals surface area contributed by atoms with E-state index in [-0.39, 0.29) is 0 Å². The van der Waals surface area contributed by atoms with E-state index in [1.54, 1.807) is 0 Å². The summed E-state index contributed by atoms with van der Waals surface area (Å²) in [6, 6.07) is 3.48. The Balaban J connectivity index is 3.12. The van der Waals surface area contributed by atoms with Crippen molar-refractivity contribution in [3.63, 3.8) is 0 Å². The minimum atomic E-state index is -4.78. The maximum absolute atomic E-state index is 12.1. The van der Waals surface area contributed by atoms with Crippen molar-refractivity contribution in [2.75, 3.05) is 0 Å². The first-order valence-corrected chi connectivity index (χ1v) is 4.35. The van der Waals surface area contributed by atoms with Gasteiger partial charge in [0.1, 0.15) is 5.75 Å². The molecule has 14 heavy (non-hydrogen) atoms. The zero-order chi connectivity index (χ0) is 10.9. The maximum atomic E-state index is 12.1. The number of phenols is 1. The molecule has 1 atom stereocenters. The maximum Gasteiger partial charge on any atom is 0.418 e. The van der Waals surface area contributed by atoms with Crippen molar-refractivity contribution in [2.24, 2.45) is 0 Å². The molecule has 0 amide bonds. The van der Waals surface area contributed by atoms with Crippen LogP contribution >= 0.6 is 15.9 Å². The molecule has 0 heterocycles. The molecule has 0 aliphatic rings. The number of aliphatic hydroxyl groups is 1. The molecular weight excluding hydrogens is 265 g/mol. The topological polar surface area (TPSA) is 40.5 Å². The first-order valence-electron chi connectivity index (χ1n) is 3.55. The molecule has 1 aromatic carbocycles. The Labute approximate surface area is 86.1 Å². The number of rotatable bonds is 1. The fourth-order valence-corrected chi connectivity index (χ4v) is 1.30. The van der Waals surface area contributed by atoms with E-state index < -0.39 is 23.6 Å². The van der Waals surface area contributed by atoms with Crippen molar-refractivity contribution in [1.29, 1.82) is 0 Å². The van der Waals surface area contributed by atoms with Crippen LogP contribution in [0.3, 0.4) is 0 Å². The van der Waals surface area contributed by atoms with Crippen molar-refractivity contribution < 1.29 is 23.4 Å².